The van der Waals surface area contributed by atoms with Crippen molar-refractivity contribution in [2.24, 2.45) is 0 Å². The third-order valence-corrected chi connectivity index (χ3v) is 5.08. The molecule has 7 nitrogen and oxygen atoms in total. The molecule has 0 spiro atoms. The van der Waals surface area contributed by atoms with E-state index in [1.54, 1.807) is 10.9 Å². The Balaban J connectivity index is 1.97. The summed E-state index contributed by atoms with van der Waals surface area (Å²) in [4.78, 5) is 12.8. The number of rotatable bonds is 3. The molecule has 0 aromatic carbocycles. The number of nitrogen functional groups attached to an aromatic ring is 1. The summed E-state index contributed by atoms with van der Waals surface area (Å²) in [6.07, 6.45) is 2.86. The summed E-state index contributed by atoms with van der Waals surface area (Å²) < 4.78 is 1.73. The third kappa shape index (κ3) is 3.13. The van der Waals surface area contributed by atoms with Gasteiger partial charge in [-0.2, -0.15) is 0 Å². The molecule has 23 heavy (non-hydrogen) atoms. The van der Waals surface area contributed by atoms with Gasteiger partial charge in [-0.25, -0.2) is 15.0 Å². The van der Waals surface area contributed by atoms with Gasteiger partial charge in [-0.3, -0.25) is 4.57 Å². The summed E-state index contributed by atoms with van der Waals surface area (Å²) in [7, 11) is 0. The Morgan fingerprint density at radius 2 is 2.26 bits per heavy atom. The molecule has 122 valence electrons. The Labute approximate surface area is 138 Å². The molecular formula is C15H19N5O2S. The number of nitrogens with two attached hydrogens (primary N) is 1. The van der Waals surface area contributed by atoms with Crippen LogP contribution in [-0.2, 0) is 0 Å². The van der Waals surface area contributed by atoms with E-state index in [1.807, 2.05) is 0 Å². The first kappa shape index (κ1) is 16.1. The van der Waals surface area contributed by atoms with Gasteiger partial charge in [-0.15, -0.1) is 11.8 Å². The van der Waals surface area contributed by atoms with Gasteiger partial charge in [0.1, 0.15) is 17.0 Å². The Morgan fingerprint density at radius 3 is 2.96 bits per heavy atom. The van der Waals surface area contributed by atoms with E-state index in [0.29, 0.717) is 22.7 Å². The summed E-state index contributed by atoms with van der Waals surface area (Å²) in [5, 5.41) is 19.5. The molecule has 0 amide bonds. The highest BCUT2D eigenvalue weighted by molar-refractivity contribution is 7.99. The summed E-state index contributed by atoms with van der Waals surface area (Å²) >= 11 is 1.45. The number of hydrogen-bond acceptors (Lipinski definition) is 7. The number of anilines is 1. The SMILES string of the molecule is CCCCC#Cc1nc(N)c2ncn(C3SCC(O)C3O)c2n1. The van der Waals surface area contributed by atoms with Gasteiger partial charge in [0.15, 0.2) is 11.5 Å². The minimum atomic E-state index is -0.868. The number of thioether (sulfide) groups is 1. The zero-order valence-corrected chi connectivity index (χ0v) is 13.6. The van der Waals surface area contributed by atoms with Gasteiger partial charge in [0, 0.05) is 12.2 Å². The van der Waals surface area contributed by atoms with Crippen molar-refractivity contribution < 1.29 is 10.2 Å². The van der Waals surface area contributed by atoms with Crippen molar-refractivity contribution in [3.05, 3.63) is 12.2 Å². The van der Waals surface area contributed by atoms with Crippen LogP contribution in [0.4, 0.5) is 5.82 Å². The smallest absolute Gasteiger partial charge is 0.208 e. The van der Waals surface area contributed by atoms with Crippen molar-refractivity contribution in [3.63, 3.8) is 0 Å². The number of aliphatic hydroxyl groups excluding tert-OH is 2. The molecule has 3 heterocycles. The van der Waals surface area contributed by atoms with Crippen LogP contribution >= 0.6 is 11.8 Å². The van der Waals surface area contributed by atoms with Gasteiger partial charge < -0.3 is 15.9 Å². The minimum Gasteiger partial charge on any atom is -0.389 e. The second-order valence-corrected chi connectivity index (χ2v) is 6.59. The van der Waals surface area contributed by atoms with Crippen LogP contribution in [0.3, 0.4) is 0 Å². The Hall–Kier alpha value is -1.82. The first-order chi connectivity index (χ1) is 11.1. The van der Waals surface area contributed by atoms with Gasteiger partial charge in [-0.1, -0.05) is 19.3 Å². The zero-order valence-electron chi connectivity index (χ0n) is 12.8. The van der Waals surface area contributed by atoms with E-state index in [-0.39, 0.29) is 11.2 Å². The molecule has 1 aliphatic rings. The van der Waals surface area contributed by atoms with Crippen molar-refractivity contribution in [2.45, 2.75) is 43.8 Å². The second kappa shape index (κ2) is 6.74. The standard InChI is InChI=1S/C15H19N5O2S/c1-2-3-4-5-6-10-18-13(16)11-14(19-10)20(8-17-11)15-12(22)9(21)7-23-15/h8-9,12,15,21-22H,2-4,7H2,1H3,(H2,16,18,19). The summed E-state index contributed by atoms with van der Waals surface area (Å²) in [5.74, 6) is 7.06. The van der Waals surface area contributed by atoms with E-state index in [9.17, 15) is 10.2 Å². The average Bonchev–Trinajstić information content (AvgIpc) is 3.09. The molecule has 1 saturated heterocycles. The first-order valence-electron chi connectivity index (χ1n) is 7.58. The molecule has 2 aromatic heterocycles. The number of nitrogens with zero attached hydrogens (tertiary/aromatic N) is 4. The molecule has 2 aromatic rings. The zero-order chi connectivity index (χ0) is 16.4. The Kier molecular flexibility index (Phi) is 4.71. The fourth-order valence-corrected chi connectivity index (χ4v) is 3.70. The predicted octanol–water partition coefficient (Wildman–Crippen LogP) is 0.917. The van der Waals surface area contributed by atoms with Crippen molar-refractivity contribution in [3.8, 4) is 11.8 Å². The van der Waals surface area contributed by atoms with Crippen LogP contribution in [0.25, 0.3) is 11.2 Å². The van der Waals surface area contributed by atoms with E-state index in [2.05, 4.69) is 33.7 Å². The highest BCUT2D eigenvalue weighted by atomic mass is 32.2. The van der Waals surface area contributed by atoms with E-state index < -0.39 is 12.2 Å². The molecule has 4 N–H and O–H groups in total. The van der Waals surface area contributed by atoms with Crippen LogP contribution in [0.5, 0.6) is 0 Å². The number of aliphatic hydroxyl groups is 2. The molecule has 0 saturated carbocycles. The van der Waals surface area contributed by atoms with Gasteiger partial charge >= 0.3 is 0 Å². The monoisotopic (exact) mass is 333 g/mol. The van der Waals surface area contributed by atoms with Crippen LogP contribution < -0.4 is 5.73 Å². The highest BCUT2D eigenvalue weighted by Gasteiger charge is 2.36. The molecule has 1 aliphatic heterocycles. The fourth-order valence-electron chi connectivity index (χ4n) is 2.42. The number of imidazole rings is 1. The largest absolute Gasteiger partial charge is 0.389 e. The number of hydrogen-bond donors (Lipinski definition) is 3. The quantitative estimate of drug-likeness (QED) is 0.566. The molecule has 3 unspecified atom stereocenters. The maximum Gasteiger partial charge on any atom is 0.208 e. The lowest BCUT2D eigenvalue weighted by Gasteiger charge is -2.17. The molecule has 8 heteroatoms. The summed E-state index contributed by atoms with van der Waals surface area (Å²) in [6, 6.07) is 0. The lowest BCUT2D eigenvalue weighted by Crippen LogP contribution is -2.27. The van der Waals surface area contributed by atoms with Crippen molar-refractivity contribution >= 4 is 28.7 Å². The first-order valence-corrected chi connectivity index (χ1v) is 8.63. The lowest BCUT2D eigenvalue weighted by molar-refractivity contribution is 0.0313. The summed E-state index contributed by atoms with van der Waals surface area (Å²) in [6.45, 7) is 2.11. The maximum absolute atomic E-state index is 10.1. The molecule has 1 fully saturated rings. The maximum atomic E-state index is 10.1. The van der Waals surface area contributed by atoms with Gasteiger partial charge in [0.05, 0.1) is 12.4 Å². The van der Waals surface area contributed by atoms with Crippen molar-refractivity contribution in [1.29, 1.82) is 0 Å². The normalized spacial score (nSPS) is 23.9. The molecule has 3 rings (SSSR count). The van der Waals surface area contributed by atoms with Gasteiger partial charge in [0.2, 0.25) is 5.82 Å². The van der Waals surface area contributed by atoms with E-state index >= 15 is 0 Å². The lowest BCUT2D eigenvalue weighted by atomic mass is 10.2. The van der Waals surface area contributed by atoms with Gasteiger partial charge in [0.25, 0.3) is 0 Å². The number of fused-ring (bicyclic) bond motifs is 1. The molecule has 0 radical (unpaired) electrons. The molecule has 0 aliphatic carbocycles. The molecule has 3 atom stereocenters. The Bertz CT molecular complexity index is 766. The fraction of sp³-hybridized carbons (Fsp3) is 0.533. The predicted molar refractivity (Wildman–Crippen MR) is 89.6 cm³/mol. The van der Waals surface area contributed by atoms with E-state index in [0.717, 1.165) is 19.3 Å². The number of unbranched alkanes of at least 4 members (excludes halogenated alkanes) is 2. The van der Waals surface area contributed by atoms with Crippen LogP contribution in [0.1, 0.15) is 37.4 Å². The van der Waals surface area contributed by atoms with Crippen LogP contribution in [0.15, 0.2) is 6.33 Å². The van der Waals surface area contributed by atoms with Crippen LogP contribution in [0, 0.1) is 11.8 Å². The Morgan fingerprint density at radius 1 is 1.43 bits per heavy atom. The van der Waals surface area contributed by atoms with Crippen molar-refractivity contribution in [2.75, 3.05) is 11.5 Å². The van der Waals surface area contributed by atoms with E-state index in [4.69, 9.17) is 5.73 Å². The topological polar surface area (TPSA) is 110 Å². The number of aromatic nitrogens is 4. The highest BCUT2D eigenvalue weighted by Crippen LogP contribution is 2.38. The van der Waals surface area contributed by atoms with E-state index in [1.165, 1.54) is 11.8 Å². The minimum absolute atomic E-state index is 0.270. The second-order valence-electron chi connectivity index (χ2n) is 5.44. The summed E-state index contributed by atoms with van der Waals surface area (Å²) in [5.41, 5.74) is 6.96. The molecular weight excluding hydrogens is 314 g/mol. The average molecular weight is 333 g/mol. The van der Waals surface area contributed by atoms with Crippen LogP contribution in [-0.4, -0.2) is 47.7 Å². The van der Waals surface area contributed by atoms with Crippen LogP contribution in [0.2, 0.25) is 0 Å². The molecule has 0 bridgehead atoms. The van der Waals surface area contributed by atoms with Crippen molar-refractivity contribution in [1.82, 2.24) is 19.5 Å². The van der Waals surface area contributed by atoms with Gasteiger partial charge in [-0.05, 0) is 12.3 Å². The third-order valence-electron chi connectivity index (χ3n) is 3.70.